The molecule has 26 rings (SSSR count). The van der Waals surface area contributed by atoms with E-state index in [1.54, 1.807) is 0 Å². The van der Waals surface area contributed by atoms with Crippen LogP contribution in [0.15, 0.2) is 400 Å². The van der Waals surface area contributed by atoms with Gasteiger partial charge in [-0.25, -0.2) is 29.9 Å². The van der Waals surface area contributed by atoms with Crippen molar-refractivity contribution in [3.63, 3.8) is 0 Å². The fraction of sp³-hybridized carbons (Fsp3) is 0.0256. The van der Waals surface area contributed by atoms with Crippen molar-refractivity contribution in [1.29, 1.82) is 0 Å². The minimum atomic E-state index is -0.0652. The molecule has 0 aliphatic heterocycles. The summed E-state index contributed by atoms with van der Waals surface area (Å²) in [6.45, 7) is 4.67. The molecule has 0 saturated heterocycles. The summed E-state index contributed by atoms with van der Waals surface area (Å²) in [5.74, 6) is 3.80. The first-order valence-electron chi connectivity index (χ1n) is 43.0. The van der Waals surface area contributed by atoms with Gasteiger partial charge in [0.15, 0.2) is 34.9 Å². The molecule has 6 nitrogen and oxygen atoms in total. The number of aromatic nitrogens is 6. The second-order valence-electron chi connectivity index (χ2n) is 33.6. The van der Waals surface area contributed by atoms with Crippen molar-refractivity contribution >= 4 is 158 Å². The summed E-state index contributed by atoms with van der Waals surface area (Å²) in [5.41, 5.74) is 24.6. The maximum atomic E-state index is 5.33. The summed E-state index contributed by atoms with van der Waals surface area (Å²) in [7, 11) is 0. The fourth-order valence-electron chi connectivity index (χ4n) is 18.9. The molecule has 0 saturated carbocycles. The average molecular weight is 1720 g/mol. The Bertz CT molecular complexity index is 8550. The normalized spacial score (nSPS) is 12.4. The van der Waals surface area contributed by atoms with E-state index in [1.165, 1.54) is 129 Å². The zero-order valence-corrected chi connectivity index (χ0v) is 73.4. The Balaban J connectivity index is 0.000000139. The maximum absolute atomic E-state index is 5.33. The highest BCUT2D eigenvalue weighted by Gasteiger charge is 2.35. The third-order valence-electron chi connectivity index (χ3n) is 25.4. The maximum Gasteiger partial charge on any atom is 0.164 e. The lowest BCUT2D eigenvalue weighted by Crippen LogP contribution is -2.14. The van der Waals surface area contributed by atoms with Crippen LogP contribution in [-0.2, 0) is 5.41 Å². The molecule has 600 valence electrons. The van der Waals surface area contributed by atoms with Crippen LogP contribution in [0.2, 0.25) is 0 Å². The van der Waals surface area contributed by atoms with E-state index in [0.717, 1.165) is 94.6 Å². The van der Waals surface area contributed by atoms with Gasteiger partial charge < -0.3 is 0 Å². The van der Waals surface area contributed by atoms with E-state index in [-0.39, 0.29) is 5.41 Å². The molecule has 0 radical (unpaired) electrons. The van der Waals surface area contributed by atoms with E-state index in [4.69, 9.17) is 29.9 Å². The van der Waals surface area contributed by atoms with E-state index in [1.807, 2.05) is 93.1 Å². The van der Waals surface area contributed by atoms with Crippen molar-refractivity contribution in [3.05, 3.63) is 412 Å². The molecule has 0 amide bonds. The van der Waals surface area contributed by atoms with Gasteiger partial charge in [0.1, 0.15) is 0 Å². The third kappa shape index (κ3) is 13.4. The van der Waals surface area contributed by atoms with Crippen molar-refractivity contribution in [1.82, 2.24) is 29.9 Å². The zero-order chi connectivity index (χ0) is 84.7. The molecule has 0 bridgehead atoms. The molecule has 25 aromatic rings. The monoisotopic (exact) mass is 1720 g/mol. The van der Waals surface area contributed by atoms with Crippen LogP contribution in [0.25, 0.3) is 247 Å². The summed E-state index contributed by atoms with van der Waals surface area (Å²) in [6, 6.07) is 145. The molecule has 0 fully saturated rings. The summed E-state index contributed by atoms with van der Waals surface area (Å²) in [5, 5.41) is 12.8. The van der Waals surface area contributed by atoms with Crippen molar-refractivity contribution in [2.24, 2.45) is 0 Å². The summed E-state index contributed by atoms with van der Waals surface area (Å²) in [6.07, 6.45) is 0. The number of nitrogens with zero attached hydrogens (tertiary/aromatic N) is 6. The summed E-state index contributed by atoms with van der Waals surface area (Å²) >= 11 is 9.21. The highest BCUT2D eigenvalue weighted by atomic mass is 32.1. The van der Waals surface area contributed by atoms with Crippen LogP contribution in [0.5, 0.6) is 0 Å². The number of benzene rings is 18. The Hall–Kier alpha value is -14.9. The molecule has 18 aromatic carbocycles. The average Bonchev–Trinajstić information content (AvgIpc) is 1.57. The first-order chi connectivity index (χ1) is 63.1. The summed E-state index contributed by atoms with van der Waals surface area (Å²) in [4.78, 5) is 31.5. The Morgan fingerprint density at radius 2 is 0.383 bits per heavy atom. The summed E-state index contributed by atoms with van der Waals surface area (Å²) < 4.78 is 12.9. The van der Waals surface area contributed by atoms with Crippen LogP contribution in [0, 0.1) is 0 Å². The van der Waals surface area contributed by atoms with Crippen molar-refractivity contribution in [3.8, 4) is 146 Å². The van der Waals surface area contributed by atoms with Gasteiger partial charge in [-0.15, -0.1) is 56.7 Å². The van der Waals surface area contributed by atoms with Gasteiger partial charge in [0.25, 0.3) is 0 Å². The fourth-order valence-corrected chi connectivity index (χ4v) is 24.4. The minimum Gasteiger partial charge on any atom is -0.208 e. The van der Waals surface area contributed by atoms with E-state index in [9.17, 15) is 0 Å². The molecule has 1 aliphatic carbocycles. The predicted molar refractivity (Wildman–Crippen MR) is 547 cm³/mol. The molecule has 7 heterocycles. The SMILES string of the molecule is CC1(C)c2ccccc2-c2ccc(-c3ccc(-c4nc(-c5ccccc5)nc(-c5cc(-c6ccc7sc8ccccc8c7c6)cc(-c6ccc7sc8ccccc8c7c6)c5)n4)cc3)cc21.c1ccc(-c2nc(-c3cccc(-c4ccc5sc6ccccc6c5c4)c3)nc(-c3cc(-c4ccc5sc6ccccc6c5c4)cc(-c4ccc5sc6ccccc6c5c4)c3)n2)cc1. The predicted octanol–water partition coefficient (Wildman–Crippen LogP) is 33.9. The van der Waals surface area contributed by atoms with Gasteiger partial charge in [-0.1, -0.05) is 275 Å². The Morgan fingerprint density at radius 3 is 0.766 bits per heavy atom. The van der Waals surface area contributed by atoms with E-state index >= 15 is 0 Å². The molecular formula is C117H72N6S5. The lowest BCUT2D eigenvalue weighted by molar-refractivity contribution is 0.660. The molecule has 7 aromatic heterocycles. The first-order valence-corrected chi connectivity index (χ1v) is 47.1. The Kier molecular flexibility index (Phi) is 18.2. The van der Waals surface area contributed by atoms with Gasteiger partial charge in [0.2, 0.25) is 0 Å². The Labute approximate surface area is 758 Å². The van der Waals surface area contributed by atoms with Crippen LogP contribution in [0.3, 0.4) is 0 Å². The van der Waals surface area contributed by atoms with Gasteiger partial charge in [-0.2, -0.15) is 0 Å². The van der Waals surface area contributed by atoms with E-state index in [2.05, 4.69) is 378 Å². The van der Waals surface area contributed by atoms with Crippen LogP contribution >= 0.6 is 56.7 Å². The number of fused-ring (bicyclic) bond motifs is 18. The zero-order valence-electron chi connectivity index (χ0n) is 69.3. The molecule has 1 aliphatic rings. The van der Waals surface area contributed by atoms with Gasteiger partial charge in [-0.05, 0) is 229 Å². The van der Waals surface area contributed by atoms with Gasteiger partial charge in [0, 0.05) is 140 Å². The quantitative estimate of drug-likeness (QED) is 0.121. The van der Waals surface area contributed by atoms with E-state index < -0.39 is 0 Å². The minimum absolute atomic E-state index is 0.0652. The molecule has 11 heteroatoms. The van der Waals surface area contributed by atoms with Crippen molar-refractivity contribution in [2.45, 2.75) is 19.3 Å². The Morgan fingerprint density at radius 1 is 0.148 bits per heavy atom. The van der Waals surface area contributed by atoms with Crippen molar-refractivity contribution in [2.75, 3.05) is 0 Å². The molecule has 0 unspecified atom stereocenters. The first kappa shape index (κ1) is 75.6. The topological polar surface area (TPSA) is 77.3 Å². The molecular weight excluding hydrogens is 1650 g/mol. The lowest BCUT2D eigenvalue weighted by atomic mass is 9.81. The highest BCUT2D eigenvalue weighted by Crippen LogP contribution is 2.51. The van der Waals surface area contributed by atoms with Gasteiger partial charge in [0.05, 0.1) is 0 Å². The van der Waals surface area contributed by atoms with Gasteiger partial charge >= 0.3 is 0 Å². The lowest BCUT2D eigenvalue weighted by Gasteiger charge is -2.22. The number of hydrogen-bond donors (Lipinski definition) is 0. The second kappa shape index (κ2) is 30.7. The number of rotatable bonds is 12. The van der Waals surface area contributed by atoms with Gasteiger partial charge in [-0.3, -0.25) is 0 Å². The standard InChI is InChI=1S/C60H39N3S2.C57H33N3S3/c1-60(2)51-17-9-6-14-45(51)46-27-24-41(35-52(46)60)36-20-22-38(23-21-36)58-61-57(37-12-4-3-5-13-37)62-59(63-58)44-31-42(39-25-28-55-49(33-39)47-15-7-10-18-53(47)64-55)30-43(32-44)40-26-29-56-50(34-40)48-16-8-11-19-54(48)65-56;1-2-11-34(12-3-1)55-58-56(39-14-10-13-35(27-39)36-21-24-52-46(31-36)43-15-4-7-18-49(43)61-52)60-57(59-55)42-29-40(37-22-25-53-47(32-37)44-16-5-8-19-50(44)62-53)28-41(30-42)38-23-26-54-48(33-38)45-17-6-9-20-51(45)63-54/h3-35H,1-2H3;1-33H. The third-order valence-corrected chi connectivity index (χ3v) is 31.2. The second-order valence-corrected chi connectivity index (χ2v) is 39.0. The smallest absolute Gasteiger partial charge is 0.164 e. The molecule has 0 spiro atoms. The molecule has 128 heavy (non-hydrogen) atoms. The number of hydrogen-bond acceptors (Lipinski definition) is 11. The molecule has 0 N–H and O–H groups in total. The largest absolute Gasteiger partial charge is 0.208 e. The van der Waals surface area contributed by atoms with Crippen LogP contribution in [0.4, 0.5) is 0 Å². The van der Waals surface area contributed by atoms with Crippen LogP contribution < -0.4 is 0 Å². The van der Waals surface area contributed by atoms with Crippen LogP contribution in [0.1, 0.15) is 25.0 Å². The van der Waals surface area contributed by atoms with E-state index in [0.29, 0.717) is 34.9 Å². The molecule has 0 atom stereocenters. The van der Waals surface area contributed by atoms with Crippen LogP contribution in [-0.4, -0.2) is 29.9 Å². The highest BCUT2D eigenvalue weighted by molar-refractivity contribution is 7.27. The van der Waals surface area contributed by atoms with Crippen molar-refractivity contribution < 1.29 is 0 Å². The number of thiophene rings is 5.